The molecule has 0 unspecified atom stereocenters. The molecule has 3 aromatic rings. The second-order valence-electron chi connectivity index (χ2n) is 5.33. The van der Waals surface area contributed by atoms with Crippen molar-refractivity contribution in [1.82, 2.24) is 0 Å². The molecule has 7 heteroatoms. The van der Waals surface area contributed by atoms with Gasteiger partial charge in [0.25, 0.3) is 0 Å². The molecule has 2 aromatic heterocycles. The molecule has 0 radical (unpaired) electrons. The molecule has 0 spiro atoms. The summed E-state index contributed by atoms with van der Waals surface area (Å²) in [4.78, 5) is 12.8. The molecule has 1 aromatic carbocycles. The van der Waals surface area contributed by atoms with Crippen molar-refractivity contribution >= 4 is 58.0 Å². The molecule has 1 atom stereocenters. The monoisotopic (exact) mass is 352 g/mol. The number of fused-ring (bicyclic) bond motifs is 3. The Morgan fingerprint density at radius 3 is 2.77 bits per heavy atom. The van der Waals surface area contributed by atoms with E-state index in [1.54, 1.807) is 11.3 Å². The zero-order chi connectivity index (χ0) is 15.3. The minimum Gasteiger partial charge on any atom is -0.457 e. The number of ether oxygens (including phenoxy) is 1. The first kappa shape index (κ1) is 14.2. The minimum absolute atomic E-state index is 0.0542. The van der Waals surface area contributed by atoms with E-state index in [1.165, 1.54) is 16.0 Å². The van der Waals surface area contributed by atoms with Gasteiger partial charge < -0.3 is 4.74 Å². The van der Waals surface area contributed by atoms with Crippen molar-refractivity contribution in [1.29, 1.82) is 0 Å². The summed E-state index contributed by atoms with van der Waals surface area (Å²) in [5.41, 5.74) is 0. The summed E-state index contributed by atoms with van der Waals surface area (Å²) >= 11 is 3.06. The van der Waals surface area contributed by atoms with Crippen LogP contribution in [0.2, 0.25) is 0 Å². The maximum absolute atomic E-state index is 12.2. The number of rotatable bonds is 2. The smallest absolute Gasteiger partial charge is 0.348 e. The predicted molar refractivity (Wildman–Crippen MR) is 89.7 cm³/mol. The van der Waals surface area contributed by atoms with E-state index in [1.807, 2.05) is 24.3 Å². The highest BCUT2D eigenvalue weighted by Crippen LogP contribution is 2.39. The number of hydrogen-bond acceptors (Lipinski definition) is 6. The fraction of sp³-hybridized carbons (Fsp3) is 0.267. The second-order valence-corrected chi connectivity index (χ2v) is 9.70. The molecular formula is C15H12O4S3. The van der Waals surface area contributed by atoms with Crippen LogP contribution in [0.4, 0.5) is 0 Å². The third kappa shape index (κ3) is 2.43. The lowest BCUT2D eigenvalue weighted by Gasteiger charge is -2.08. The van der Waals surface area contributed by atoms with Gasteiger partial charge in [-0.3, -0.25) is 0 Å². The molecule has 4 nitrogen and oxygen atoms in total. The zero-order valence-electron chi connectivity index (χ0n) is 11.4. The van der Waals surface area contributed by atoms with Crippen LogP contribution in [0, 0.1) is 0 Å². The minimum atomic E-state index is -3.04. The van der Waals surface area contributed by atoms with Gasteiger partial charge in [0, 0.05) is 14.8 Å². The van der Waals surface area contributed by atoms with Gasteiger partial charge in [-0.05, 0) is 18.6 Å². The van der Waals surface area contributed by atoms with E-state index in [9.17, 15) is 13.2 Å². The van der Waals surface area contributed by atoms with Gasteiger partial charge in [-0.1, -0.05) is 18.2 Å². The standard InChI is InChI=1S/C15H12O4S3/c16-15(19-9-5-6-22(17,18)8-9)13-7-12-14(21-13)10-3-1-2-4-11(10)20-12/h1-4,7,9H,5-6,8H2/t9-/m0/s1. The molecule has 22 heavy (non-hydrogen) atoms. The van der Waals surface area contributed by atoms with E-state index in [0.717, 1.165) is 14.8 Å². The van der Waals surface area contributed by atoms with E-state index in [-0.39, 0.29) is 11.5 Å². The molecular weight excluding hydrogens is 340 g/mol. The topological polar surface area (TPSA) is 60.4 Å². The van der Waals surface area contributed by atoms with Gasteiger partial charge in [0.15, 0.2) is 9.84 Å². The molecule has 0 amide bonds. The Morgan fingerprint density at radius 2 is 2.00 bits per heavy atom. The molecule has 1 fully saturated rings. The number of thiophene rings is 2. The molecule has 0 saturated carbocycles. The van der Waals surface area contributed by atoms with E-state index in [2.05, 4.69) is 6.07 Å². The van der Waals surface area contributed by atoms with E-state index in [4.69, 9.17) is 4.74 Å². The van der Waals surface area contributed by atoms with Crippen molar-refractivity contribution in [2.45, 2.75) is 12.5 Å². The van der Waals surface area contributed by atoms with Crippen LogP contribution in [0.5, 0.6) is 0 Å². The lowest BCUT2D eigenvalue weighted by molar-refractivity contribution is 0.0362. The summed E-state index contributed by atoms with van der Waals surface area (Å²) in [5.74, 6) is -0.365. The van der Waals surface area contributed by atoms with Crippen LogP contribution in [-0.4, -0.2) is 32.0 Å². The number of carbonyl (C=O) groups excluding carboxylic acids is 1. The fourth-order valence-electron chi connectivity index (χ4n) is 2.66. The number of hydrogen-bond donors (Lipinski definition) is 0. The highest BCUT2D eigenvalue weighted by atomic mass is 32.2. The first-order valence-electron chi connectivity index (χ1n) is 6.84. The quantitative estimate of drug-likeness (QED) is 0.663. The summed E-state index contributed by atoms with van der Waals surface area (Å²) in [6.07, 6.45) is -0.106. The fourth-order valence-corrected chi connectivity index (χ4v) is 6.66. The van der Waals surface area contributed by atoms with Crippen molar-refractivity contribution in [3.05, 3.63) is 35.2 Å². The molecule has 0 bridgehead atoms. The largest absolute Gasteiger partial charge is 0.457 e. The maximum atomic E-state index is 12.2. The van der Waals surface area contributed by atoms with Crippen molar-refractivity contribution in [2.75, 3.05) is 11.5 Å². The highest BCUT2D eigenvalue weighted by molar-refractivity contribution is 7.91. The van der Waals surface area contributed by atoms with Crippen molar-refractivity contribution < 1.29 is 17.9 Å². The summed E-state index contributed by atoms with van der Waals surface area (Å²) < 4.78 is 31.5. The van der Waals surface area contributed by atoms with Crippen molar-refractivity contribution in [3.8, 4) is 0 Å². The Hall–Kier alpha value is -1.44. The zero-order valence-corrected chi connectivity index (χ0v) is 13.9. The maximum Gasteiger partial charge on any atom is 0.348 e. The first-order valence-corrected chi connectivity index (χ1v) is 10.3. The van der Waals surface area contributed by atoms with Gasteiger partial charge >= 0.3 is 5.97 Å². The Balaban J connectivity index is 1.62. The lowest BCUT2D eigenvalue weighted by atomic mass is 10.2. The Labute approximate surface area is 135 Å². The second kappa shape index (κ2) is 5.04. The number of carbonyl (C=O) groups is 1. The average molecular weight is 352 g/mol. The van der Waals surface area contributed by atoms with Crippen molar-refractivity contribution in [2.24, 2.45) is 0 Å². The third-order valence-corrected chi connectivity index (χ3v) is 7.85. The van der Waals surface area contributed by atoms with Crippen LogP contribution in [-0.2, 0) is 14.6 Å². The normalized spacial score (nSPS) is 20.6. The molecule has 4 rings (SSSR count). The van der Waals surface area contributed by atoms with Gasteiger partial charge in [0.2, 0.25) is 0 Å². The number of benzene rings is 1. The molecule has 1 saturated heterocycles. The first-order chi connectivity index (χ1) is 10.5. The van der Waals surface area contributed by atoms with Gasteiger partial charge in [-0.15, -0.1) is 22.7 Å². The Bertz CT molecular complexity index is 981. The number of esters is 1. The summed E-state index contributed by atoms with van der Waals surface area (Å²) in [7, 11) is -3.04. The molecule has 0 N–H and O–H groups in total. The van der Waals surface area contributed by atoms with Gasteiger partial charge in [0.1, 0.15) is 11.0 Å². The van der Waals surface area contributed by atoms with Crippen LogP contribution >= 0.6 is 22.7 Å². The van der Waals surface area contributed by atoms with Crippen LogP contribution in [0.1, 0.15) is 16.1 Å². The third-order valence-electron chi connectivity index (χ3n) is 3.72. The number of sulfone groups is 1. The SMILES string of the molecule is O=C(O[C@H]1CCS(=O)(=O)C1)c1cc2sc3ccccc3c2s1. The van der Waals surface area contributed by atoms with Crippen LogP contribution in [0.3, 0.4) is 0 Å². The summed E-state index contributed by atoms with van der Waals surface area (Å²) in [6.45, 7) is 0. The average Bonchev–Trinajstić information content (AvgIpc) is 3.11. The molecule has 3 heterocycles. The van der Waals surface area contributed by atoms with Gasteiger partial charge in [-0.2, -0.15) is 0 Å². The van der Waals surface area contributed by atoms with Crippen LogP contribution < -0.4 is 0 Å². The van der Waals surface area contributed by atoms with E-state index in [0.29, 0.717) is 11.3 Å². The Kier molecular flexibility index (Phi) is 3.25. The van der Waals surface area contributed by atoms with E-state index < -0.39 is 21.9 Å². The summed E-state index contributed by atoms with van der Waals surface area (Å²) in [6, 6.07) is 9.93. The highest BCUT2D eigenvalue weighted by Gasteiger charge is 2.31. The Morgan fingerprint density at radius 1 is 1.18 bits per heavy atom. The molecule has 0 aliphatic carbocycles. The molecule has 1 aliphatic heterocycles. The predicted octanol–water partition coefficient (Wildman–Crippen LogP) is 3.46. The van der Waals surface area contributed by atoms with E-state index >= 15 is 0 Å². The van der Waals surface area contributed by atoms with Gasteiger partial charge in [0.05, 0.1) is 16.2 Å². The van der Waals surface area contributed by atoms with Gasteiger partial charge in [-0.25, -0.2) is 13.2 Å². The molecule has 1 aliphatic rings. The molecule has 114 valence electrons. The van der Waals surface area contributed by atoms with Crippen molar-refractivity contribution in [3.63, 3.8) is 0 Å². The van der Waals surface area contributed by atoms with Crippen LogP contribution in [0.25, 0.3) is 19.5 Å². The summed E-state index contributed by atoms with van der Waals surface area (Å²) in [5, 5.41) is 1.15. The van der Waals surface area contributed by atoms with Crippen LogP contribution in [0.15, 0.2) is 30.3 Å². The lowest BCUT2D eigenvalue weighted by Crippen LogP contribution is -2.18.